The summed E-state index contributed by atoms with van der Waals surface area (Å²) in [5, 5.41) is 0. The number of rotatable bonds is 2. The summed E-state index contributed by atoms with van der Waals surface area (Å²) in [5.74, 6) is 0.348. The topological polar surface area (TPSA) is 47.9 Å². The number of nitrogens with zero attached hydrogens (tertiary/aromatic N) is 1. The lowest BCUT2D eigenvalue weighted by molar-refractivity contribution is 0.0599. The molecule has 4 heteroatoms. The van der Waals surface area contributed by atoms with Gasteiger partial charge in [-0.1, -0.05) is 6.92 Å². The van der Waals surface area contributed by atoms with E-state index in [1.807, 2.05) is 6.92 Å². The summed E-state index contributed by atoms with van der Waals surface area (Å²) in [6.07, 6.45) is 0.285. The maximum atomic E-state index is 11.1. The van der Waals surface area contributed by atoms with Gasteiger partial charge in [0.15, 0.2) is 5.90 Å². The van der Waals surface area contributed by atoms with Crippen molar-refractivity contribution < 1.29 is 14.3 Å². The first kappa shape index (κ1) is 12.9. The Morgan fingerprint density at radius 2 is 1.93 bits per heavy atom. The fraction of sp³-hybridized carbons (Fsp3) is 0.800. The van der Waals surface area contributed by atoms with Crippen LogP contribution in [-0.2, 0) is 9.47 Å². The average molecular weight is 201 g/mol. The van der Waals surface area contributed by atoms with Gasteiger partial charge in [0.25, 0.3) is 0 Å². The largest absolute Gasteiger partial charge is 0.481 e. The second-order valence-corrected chi connectivity index (χ2v) is 3.96. The van der Waals surface area contributed by atoms with E-state index in [9.17, 15) is 4.79 Å². The van der Waals surface area contributed by atoms with Crippen molar-refractivity contribution in [1.82, 2.24) is 0 Å². The van der Waals surface area contributed by atoms with E-state index in [1.165, 1.54) is 0 Å². The lowest BCUT2D eigenvalue weighted by atomic mass is 10.2. The van der Waals surface area contributed by atoms with Crippen molar-refractivity contribution >= 4 is 12.0 Å². The summed E-state index contributed by atoms with van der Waals surface area (Å²) in [7, 11) is 0. The van der Waals surface area contributed by atoms with Crippen LogP contribution in [0.25, 0.3) is 0 Å². The van der Waals surface area contributed by atoms with Gasteiger partial charge in [-0.2, -0.15) is 0 Å². The average Bonchev–Trinajstić information content (AvgIpc) is 1.96. The van der Waals surface area contributed by atoms with E-state index >= 15 is 0 Å². The first-order chi connectivity index (χ1) is 6.35. The van der Waals surface area contributed by atoms with Crippen LogP contribution in [0.1, 0.15) is 41.0 Å². The highest BCUT2D eigenvalue weighted by Gasteiger charge is 2.15. The van der Waals surface area contributed by atoms with E-state index < -0.39 is 11.7 Å². The first-order valence-electron chi connectivity index (χ1n) is 4.76. The van der Waals surface area contributed by atoms with Gasteiger partial charge >= 0.3 is 6.09 Å². The van der Waals surface area contributed by atoms with E-state index in [4.69, 9.17) is 9.47 Å². The predicted octanol–water partition coefficient (Wildman–Crippen LogP) is 2.77. The van der Waals surface area contributed by atoms with Gasteiger partial charge in [-0.05, 0) is 27.2 Å². The van der Waals surface area contributed by atoms with Crippen molar-refractivity contribution in [2.24, 2.45) is 4.99 Å². The van der Waals surface area contributed by atoms with Crippen LogP contribution in [0.3, 0.4) is 0 Å². The number of carbonyl (C=O) groups excluding carboxylic acids is 1. The second kappa shape index (κ2) is 5.62. The molecule has 0 aliphatic carbocycles. The van der Waals surface area contributed by atoms with E-state index in [0.29, 0.717) is 12.5 Å². The van der Waals surface area contributed by atoms with Crippen molar-refractivity contribution in [2.75, 3.05) is 6.61 Å². The van der Waals surface area contributed by atoms with E-state index in [0.717, 1.165) is 6.42 Å². The smallest absolute Gasteiger partial charge is 0.437 e. The van der Waals surface area contributed by atoms with Gasteiger partial charge in [0.2, 0.25) is 0 Å². The molecule has 0 atom stereocenters. The van der Waals surface area contributed by atoms with Gasteiger partial charge < -0.3 is 9.47 Å². The van der Waals surface area contributed by atoms with Crippen LogP contribution in [0.4, 0.5) is 4.79 Å². The molecule has 0 spiro atoms. The van der Waals surface area contributed by atoms with Crippen molar-refractivity contribution in [1.29, 1.82) is 0 Å². The fourth-order valence-corrected chi connectivity index (χ4v) is 0.695. The molecule has 0 bridgehead atoms. The third kappa shape index (κ3) is 7.58. The van der Waals surface area contributed by atoms with Crippen LogP contribution >= 0.6 is 0 Å². The van der Waals surface area contributed by atoms with Crippen molar-refractivity contribution in [3.63, 3.8) is 0 Å². The Balaban J connectivity index is 4.02. The lowest BCUT2D eigenvalue weighted by Crippen LogP contribution is -2.22. The number of aliphatic imine (C=N–C) groups is 1. The monoisotopic (exact) mass is 201 g/mol. The molecule has 0 aromatic rings. The van der Waals surface area contributed by atoms with Gasteiger partial charge in [-0.15, -0.1) is 4.99 Å². The highest BCUT2D eigenvalue weighted by Crippen LogP contribution is 2.08. The van der Waals surface area contributed by atoms with Crippen molar-refractivity contribution in [3.8, 4) is 0 Å². The number of amides is 1. The highest BCUT2D eigenvalue weighted by atomic mass is 16.6. The first-order valence-corrected chi connectivity index (χ1v) is 4.76. The number of carbonyl (C=O) groups is 1. The zero-order valence-electron chi connectivity index (χ0n) is 9.59. The molecule has 0 fully saturated rings. The zero-order chi connectivity index (χ0) is 11.2. The molecule has 82 valence electrons. The Morgan fingerprint density at radius 3 is 2.36 bits per heavy atom. The third-order valence-corrected chi connectivity index (χ3v) is 1.16. The standard InChI is InChI=1S/C10H19NO3/c1-6-7-13-8(2)11-9(12)14-10(3,4)5/h6-7H2,1-5H3/b11-8-. The van der Waals surface area contributed by atoms with Gasteiger partial charge in [-0.25, -0.2) is 4.79 Å². The summed E-state index contributed by atoms with van der Waals surface area (Å²) < 4.78 is 10.1. The molecular weight excluding hydrogens is 182 g/mol. The Morgan fingerprint density at radius 1 is 1.36 bits per heavy atom. The summed E-state index contributed by atoms with van der Waals surface area (Å²) in [6.45, 7) is 9.58. The molecule has 0 aliphatic rings. The van der Waals surface area contributed by atoms with E-state index in [1.54, 1.807) is 27.7 Å². The highest BCUT2D eigenvalue weighted by molar-refractivity contribution is 5.86. The maximum Gasteiger partial charge on any atom is 0.437 e. The van der Waals surface area contributed by atoms with Crippen molar-refractivity contribution in [3.05, 3.63) is 0 Å². The second-order valence-electron chi connectivity index (χ2n) is 3.96. The maximum absolute atomic E-state index is 11.1. The molecule has 0 aromatic carbocycles. The number of hydrogen-bond donors (Lipinski definition) is 0. The molecule has 0 saturated heterocycles. The fourth-order valence-electron chi connectivity index (χ4n) is 0.695. The van der Waals surface area contributed by atoms with Gasteiger partial charge in [0.1, 0.15) is 5.60 Å². The Kier molecular flexibility index (Phi) is 5.20. The molecule has 14 heavy (non-hydrogen) atoms. The van der Waals surface area contributed by atoms with Gasteiger partial charge in [0.05, 0.1) is 6.61 Å². The minimum atomic E-state index is -0.605. The van der Waals surface area contributed by atoms with Crippen LogP contribution in [0.2, 0.25) is 0 Å². The summed E-state index contributed by atoms with van der Waals surface area (Å²) in [6, 6.07) is 0. The molecule has 1 amide bonds. The molecule has 0 saturated carbocycles. The lowest BCUT2D eigenvalue weighted by Gasteiger charge is -2.17. The van der Waals surface area contributed by atoms with Crippen LogP contribution in [0.5, 0.6) is 0 Å². The van der Waals surface area contributed by atoms with Crippen LogP contribution < -0.4 is 0 Å². The third-order valence-electron chi connectivity index (χ3n) is 1.16. The summed E-state index contributed by atoms with van der Waals surface area (Å²) in [5.41, 5.74) is -0.508. The Labute approximate surface area is 85.3 Å². The normalized spacial score (nSPS) is 12.5. The number of hydrogen-bond acceptors (Lipinski definition) is 3. The molecule has 0 unspecified atom stereocenters. The Bertz CT molecular complexity index is 216. The molecule has 0 N–H and O–H groups in total. The van der Waals surface area contributed by atoms with E-state index in [-0.39, 0.29) is 0 Å². The minimum absolute atomic E-state index is 0.348. The van der Waals surface area contributed by atoms with E-state index in [2.05, 4.69) is 4.99 Å². The predicted molar refractivity (Wildman–Crippen MR) is 55.6 cm³/mol. The molecular formula is C10H19NO3. The SMILES string of the molecule is CCCO/C(C)=N\C(=O)OC(C)(C)C. The Hall–Kier alpha value is -1.06. The molecule has 0 aromatic heterocycles. The van der Waals surface area contributed by atoms with Crippen molar-refractivity contribution in [2.45, 2.75) is 46.6 Å². The van der Waals surface area contributed by atoms with Crippen LogP contribution in [-0.4, -0.2) is 24.2 Å². The summed E-state index contributed by atoms with van der Waals surface area (Å²) in [4.78, 5) is 14.8. The summed E-state index contributed by atoms with van der Waals surface area (Å²) >= 11 is 0. The molecule has 0 radical (unpaired) electrons. The zero-order valence-corrected chi connectivity index (χ0v) is 9.59. The number of ether oxygens (including phenoxy) is 2. The van der Waals surface area contributed by atoms with Gasteiger partial charge in [-0.3, -0.25) is 0 Å². The van der Waals surface area contributed by atoms with Gasteiger partial charge in [0, 0.05) is 6.92 Å². The molecule has 4 nitrogen and oxygen atoms in total. The quantitative estimate of drug-likeness (QED) is 0.510. The molecule has 0 aliphatic heterocycles. The minimum Gasteiger partial charge on any atom is -0.481 e. The molecule has 0 rings (SSSR count). The van der Waals surface area contributed by atoms with Crippen LogP contribution in [0, 0.1) is 0 Å². The van der Waals surface area contributed by atoms with Crippen LogP contribution in [0.15, 0.2) is 4.99 Å². The molecule has 0 heterocycles.